The summed E-state index contributed by atoms with van der Waals surface area (Å²) in [6.07, 6.45) is 7.74. The molecule has 0 aromatic rings. The van der Waals surface area contributed by atoms with Gasteiger partial charge in [0.15, 0.2) is 18.9 Å². The fraction of sp³-hybridized carbons (Fsp3) is 0.860. The van der Waals surface area contributed by atoms with E-state index >= 15 is 0 Å². The lowest BCUT2D eigenvalue weighted by Gasteiger charge is -2.44. The van der Waals surface area contributed by atoms with Crippen LogP contribution in [-0.2, 0) is 129 Å². The Morgan fingerprint density at radius 1 is 0.331 bits per heavy atom. The number of ether oxygens (including phenoxy) is 14. The molecular formula is C93H160N6O28. The van der Waals surface area contributed by atoms with Crippen LogP contribution in [0.3, 0.4) is 0 Å². The molecule has 0 radical (unpaired) electrons. The Hall–Kier alpha value is -6.57. The Morgan fingerprint density at radius 3 is 1.09 bits per heavy atom. The van der Waals surface area contributed by atoms with E-state index in [0.29, 0.717) is 142 Å². The summed E-state index contributed by atoms with van der Waals surface area (Å²) in [6, 6.07) is -0.851. The number of hydrogen-bond acceptors (Lipinski definition) is 28. The Kier molecular flexibility index (Phi) is 56.2. The summed E-state index contributed by atoms with van der Waals surface area (Å²) < 4.78 is 90.3. The molecular weight excluding hydrogens is 1650 g/mol. The highest BCUT2D eigenvalue weighted by Crippen LogP contribution is 2.37. The van der Waals surface area contributed by atoms with Crippen LogP contribution in [0.5, 0.6) is 0 Å². The Morgan fingerprint density at radius 2 is 0.669 bits per heavy atom. The van der Waals surface area contributed by atoms with Crippen molar-refractivity contribution in [2.45, 2.75) is 369 Å². The molecule has 127 heavy (non-hydrogen) atoms. The minimum Gasteiger partial charge on any atom is -0.463 e. The summed E-state index contributed by atoms with van der Waals surface area (Å²) in [6.45, 7) is 24.7. The molecule has 6 amide bonds. The van der Waals surface area contributed by atoms with Crippen LogP contribution >= 0.6 is 0 Å². The number of esters is 3. The van der Waals surface area contributed by atoms with Crippen LogP contribution in [0.2, 0.25) is 0 Å². The average Bonchev–Trinajstić information content (AvgIpc) is 1.13. The maximum Gasteiger partial charge on any atom is 0.302 e. The summed E-state index contributed by atoms with van der Waals surface area (Å²) in [7, 11) is 0. The first-order valence-electron chi connectivity index (χ1n) is 47.8. The minimum atomic E-state index is -1.42. The molecule has 4 aliphatic heterocycles. The van der Waals surface area contributed by atoms with E-state index in [1.54, 1.807) is 0 Å². The van der Waals surface area contributed by atoms with Crippen LogP contribution in [0.1, 0.15) is 291 Å². The number of ketones is 4. The fourth-order valence-corrected chi connectivity index (χ4v) is 15.9. The molecule has 4 fully saturated rings. The molecule has 730 valence electrons. The van der Waals surface area contributed by atoms with E-state index in [0.717, 1.165) is 19.3 Å². The Bertz CT molecular complexity index is 3170. The normalized spacial score (nSPS) is 25.7. The van der Waals surface area contributed by atoms with Gasteiger partial charge < -0.3 is 103 Å². The molecule has 0 aliphatic carbocycles. The van der Waals surface area contributed by atoms with Crippen molar-refractivity contribution < 1.29 is 135 Å². The van der Waals surface area contributed by atoms with E-state index in [1.165, 1.54) is 34.6 Å². The van der Waals surface area contributed by atoms with Gasteiger partial charge in [-0.05, 0) is 139 Å². The molecule has 4 rings (SSSR count). The lowest BCUT2D eigenvalue weighted by atomic mass is 9.79. The number of nitrogens with one attached hydrogen (secondary N) is 6. The zero-order valence-electron chi connectivity index (χ0n) is 79.7. The predicted octanol–water partition coefficient (Wildman–Crippen LogP) is 9.15. The summed E-state index contributed by atoms with van der Waals surface area (Å²) in [5.74, 6) is -2.36. The van der Waals surface area contributed by atoms with Crippen LogP contribution in [0, 0.1) is 41.4 Å². The van der Waals surface area contributed by atoms with Crippen molar-refractivity contribution in [1.82, 2.24) is 31.9 Å². The number of unbranched alkanes of at least 4 members (excludes halogenated alkanes) is 10. The number of aliphatic hydroxyl groups is 1. The molecule has 0 bridgehead atoms. The molecule has 4 aliphatic rings. The smallest absolute Gasteiger partial charge is 0.302 e. The van der Waals surface area contributed by atoms with E-state index < -0.39 is 84.9 Å². The van der Waals surface area contributed by atoms with Gasteiger partial charge in [0.25, 0.3) is 0 Å². The van der Waals surface area contributed by atoms with Gasteiger partial charge in [0.2, 0.25) is 35.4 Å². The first-order chi connectivity index (χ1) is 61.1. The molecule has 0 aromatic carbocycles. The quantitative estimate of drug-likeness (QED) is 0.0169. The van der Waals surface area contributed by atoms with Gasteiger partial charge >= 0.3 is 17.9 Å². The van der Waals surface area contributed by atoms with Crippen molar-refractivity contribution in [3.63, 3.8) is 0 Å². The lowest BCUT2D eigenvalue weighted by Crippen LogP contribution is -2.58. The maximum absolute atomic E-state index is 14.1. The second-order valence-electron chi connectivity index (χ2n) is 35.4. The molecule has 0 saturated carbocycles. The first-order valence-corrected chi connectivity index (χ1v) is 47.0. The molecule has 7 unspecified atom stereocenters. The molecule has 0 spiro atoms. The molecule has 4 heterocycles. The monoisotopic (exact) mass is 1810 g/mol. The lowest BCUT2D eigenvalue weighted by molar-refractivity contribution is -0.255. The van der Waals surface area contributed by atoms with Crippen LogP contribution in [0.4, 0.5) is 0 Å². The number of aliphatic hydroxyl groups excluding tert-OH is 1. The summed E-state index contributed by atoms with van der Waals surface area (Å²) in [5.41, 5.74) is -1.42. The third kappa shape index (κ3) is 47.4. The number of hydrogen-bond donors (Lipinski definition) is 7. The van der Waals surface area contributed by atoms with Crippen molar-refractivity contribution in [3.8, 4) is 0 Å². The van der Waals surface area contributed by atoms with Gasteiger partial charge in [-0.3, -0.25) is 62.3 Å². The van der Waals surface area contributed by atoms with Crippen molar-refractivity contribution in [2.75, 3.05) is 106 Å². The summed E-state index contributed by atoms with van der Waals surface area (Å²) >= 11 is 0. The number of carbonyl (C=O) groups excluding carboxylic acids is 13. The number of Topliss-reactive ketones (excluding diaryl/α,β-unsaturated/α-hetero) is 4. The van der Waals surface area contributed by atoms with Crippen LogP contribution in [0.25, 0.3) is 0 Å². The van der Waals surface area contributed by atoms with Crippen molar-refractivity contribution >= 4 is 76.5 Å². The van der Waals surface area contributed by atoms with Crippen molar-refractivity contribution in [3.05, 3.63) is 0 Å². The van der Waals surface area contributed by atoms with Gasteiger partial charge in [-0.2, -0.15) is 0 Å². The van der Waals surface area contributed by atoms with Gasteiger partial charge in [-0.1, -0.05) is 74.1 Å². The number of carbonyl (C=O) groups is 13. The minimum absolute atomic E-state index is 0.0321. The standard InChI is InChI=1S/C93H160N6O28/c1-61-62(2)79(55-121-72(12)102)125-90(67(61)7)118-49-28-23-37-75(105)33-19-17-21-35-77(107)42-52-114-58-93(99-85(112)41-31-40-83(110)94-45-26-15-16-27-48-117-89-69(9)124-68(8)88(89)113,59-115-53-43-78(108)36-22-18-20-34-76(106)38-24-29-50-119-91-86(97-70(10)100)65(5)63(3)80(126-91)56-122-73(13)103)60-116-54-44-84(111)96-47-32-46-95-82(109)39-25-30-51-120-92-87(98-71(11)101)66(6)64(4)81(127-92)57-123-74(14)104/h61-69,79-81,86-92,113H,15-60H2,1-14H3,(H,94,110)(H,95,109)(H,96,111)(H,97,100)(H,98,101)(H,99,112)/t61-,62+,63+,64+,65-,66-,67?,68+,69-,79?,80?,81?,86?,87?,88+,89-,90+,91+,92+,93?/m0/s1/i8D. The molecule has 7 N–H and O–H groups in total. The van der Waals surface area contributed by atoms with E-state index in [-0.39, 0.29) is 256 Å². The van der Waals surface area contributed by atoms with E-state index in [1.807, 2.05) is 34.6 Å². The maximum atomic E-state index is 14.1. The van der Waals surface area contributed by atoms with E-state index in [2.05, 4.69) is 52.7 Å². The highest BCUT2D eigenvalue weighted by atomic mass is 16.7. The average molecular weight is 1810 g/mol. The highest BCUT2D eigenvalue weighted by molar-refractivity contribution is 5.81. The van der Waals surface area contributed by atoms with Crippen LogP contribution in [-0.4, -0.2) is 266 Å². The number of amides is 6. The number of rotatable bonds is 70. The molecule has 0 aromatic heterocycles. The first kappa shape index (κ1) is 111. The summed E-state index contributed by atoms with van der Waals surface area (Å²) in [4.78, 5) is 165. The van der Waals surface area contributed by atoms with Crippen molar-refractivity contribution in [2.24, 2.45) is 41.4 Å². The molecule has 20 atom stereocenters. The van der Waals surface area contributed by atoms with Gasteiger partial charge in [-0.25, -0.2) is 0 Å². The molecule has 34 heteroatoms. The fourth-order valence-electron chi connectivity index (χ4n) is 15.9. The van der Waals surface area contributed by atoms with Gasteiger partial charge in [0.1, 0.15) is 60.7 Å². The third-order valence-corrected chi connectivity index (χ3v) is 24.6. The van der Waals surface area contributed by atoms with E-state index in [4.69, 9.17) is 67.7 Å². The largest absolute Gasteiger partial charge is 0.463 e. The second-order valence-corrected chi connectivity index (χ2v) is 35.4. The molecule has 34 nitrogen and oxygen atoms in total. The Labute approximate surface area is 755 Å². The van der Waals surface area contributed by atoms with E-state index in [9.17, 15) is 67.4 Å². The Balaban J connectivity index is 1.32. The van der Waals surface area contributed by atoms with Gasteiger partial charge in [0.05, 0.1) is 82.2 Å². The second kappa shape index (κ2) is 64.3. The SMILES string of the molecule is [2H]C[C@H]1O[C@@H](C)[C@H](OCCCCCCNC(=O)CCCC(=O)NC(COCCC(=O)CCCCCC(=O)CCCCO[C@@H]2OC(COC(C)=O)[C@H](C)[C@H](C)C2C)(COCCC(=O)CCCCCC(=O)CCCCO[C@@H]2OC(COC(C)=O)[C@H](C)[C@H](C)C2NC(C)=O)COCCC(=O)NCCCNC(=O)CCCCO[C@@H]2OC(COC(C)=O)[C@H](C)[C@H](C)C2NC(C)=O)[C@@H]1O. The summed E-state index contributed by atoms with van der Waals surface area (Å²) in [5, 5.41) is 28.0. The zero-order valence-corrected chi connectivity index (χ0v) is 78.7. The van der Waals surface area contributed by atoms with Crippen molar-refractivity contribution in [1.29, 1.82) is 0 Å². The third-order valence-electron chi connectivity index (χ3n) is 24.6. The van der Waals surface area contributed by atoms with Gasteiger partial charge in [0, 0.05) is 165 Å². The van der Waals surface area contributed by atoms with Gasteiger partial charge in [-0.15, -0.1) is 0 Å². The molecule has 4 saturated heterocycles. The highest BCUT2D eigenvalue weighted by Gasteiger charge is 2.46. The topological polar surface area (TPSA) is 444 Å². The zero-order chi connectivity index (χ0) is 94.4. The van der Waals surface area contributed by atoms with Crippen LogP contribution < -0.4 is 31.9 Å². The van der Waals surface area contributed by atoms with Crippen LogP contribution in [0.15, 0.2) is 0 Å². The predicted molar refractivity (Wildman–Crippen MR) is 470 cm³/mol.